The van der Waals surface area contributed by atoms with Gasteiger partial charge < -0.3 is 14.8 Å². The van der Waals surface area contributed by atoms with E-state index < -0.39 is 0 Å². The zero-order chi connectivity index (χ0) is 20.9. The second-order valence-corrected chi connectivity index (χ2v) is 9.82. The molecule has 162 valence electrons. The molecule has 0 aliphatic heterocycles. The van der Waals surface area contributed by atoms with Crippen molar-refractivity contribution in [3.63, 3.8) is 0 Å². The summed E-state index contributed by atoms with van der Waals surface area (Å²) in [6.45, 7) is 12.0. The SMILES string of the molecule is COc1cc(CNC(C)(C)CC(C)(C)C)cc(Br)c1OCc1ccccc1F.Cl. The first kappa shape index (κ1) is 25.7. The summed E-state index contributed by atoms with van der Waals surface area (Å²) in [6, 6.07) is 10.6. The lowest BCUT2D eigenvalue weighted by molar-refractivity contribution is 0.240. The van der Waals surface area contributed by atoms with E-state index in [0.717, 1.165) is 16.5 Å². The molecule has 0 aliphatic carbocycles. The van der Waals surface area contributed by atoms with Gasteiger partial charge in [0.2, 0.25) is 0 Å². The van der Waals surface area contributed by atoms with Crippen LogP contribution in [0.15, 0.2) is 40.9 Å². The van der Waals surface area contributed by atoms with Gasteiger partial charge in [-0.15, -0.1) is 12.4 Å². The lowest BCUT2D eigenvalue weighted by Crippen LogP contribution is -2.41. The molecule has 3 nitrogen and oxygen atoms in total. The van der Waals surface area contributed by atoms with Gasteiger partial charge in [-0.2, -0.15) is 0 Å². The Bertz CT molecular complexity index is 806. The number of hydrogen-bond acceptors (Lipinski definition) is 3. The molecule has 0 bridgehead atoms. The minimum absolute atomic E-state index is 0. The van der Waals surface area contributed by atoms with E-state index >= 15 is 0 Å². The summed E-state index contributed by atoms with van der Waals surface area (Å²) in [4.78, 5) is 0. The van der Waals surface area contributed by atoms with E-state index in [1.807, 2.05) is 12.1 Å². The summed E-state index contributed by atoms with van der Waals surface area (Å²) in [7, 11) is 1.61. The first-order chi connectivity index (χ1) is 13.0. The van der Waals surface area contributed by atoms with E-state index in [4.69, 9.17) is 9.47 Å². The average Bonchev–Trinajstić information content (AvgIpc) is 2.58. The molecular weight excluding hydrogens is 457 g/mol. The lowest BCUT2D eigenvalue weighted by Gasteiger charge is -2.33. The molecule has 2 aromatic carbocycles. The van der Waals surface area contributed by atoms with Gasteiger partial charge in [0.1, 0.15) is 12.4 Å². The van der Waals surface area contributed by atoms with Crippen molar-refractivity contribution < 1.29 is 13.9 Å². The number of benzene rings is 2. The summed E-state index contributed by atoms with van der Waals surface area (Å²) in [5, 5.41) is 3.63. The van der Waals surface area contributed by atoms with Crippen molar-refractivity contribution in [2.24, 2.45) is 5.41 Å². The van der Waals surface area contributed by atoms with Gasteiger partial charge >= 0.3 is 0 Å². The normalized spacial score (nSPS) is 11.7. The molecule has 0 aliphatic rings. The molecular formula is C23H32BrClFNO2. The van der Waals surface area contributed by atoms with Crippen molar-refractivity contribution in [1.82, 2.24) is 5.32 Å². The minimum Gasteiger partial charge on any atom is -0.493 e. The number of rotatable bonds is 8. The fourth-order valence-electron chi connectivity index (χ4n) is 3.51. The Morgan fingerprint density at radius 1 is 1.07 bits per heavy atom. The molecule has 0 aromatic heterocycles. The molecule has 0 fully saturated rings. The van der Waals surface area contributed by atoms with Gasteiger partial charge in [0.25, 0.3) is 0 Å². The fraction of sp³-hybridized carbons (Fsp3) is 0.478. The maximum atomic E-state index is 13.8. The molecule has 0 saturated carbocycles. The molecule has 0 amide bonds. The molecule has 1 N–H and O–H groups in total. The van der Waals surface area contributed by atoms with Crippen LogP contribution in [-0.2, 0) is 13.2 Å². The minimum atomic E-state index is -0.278. The second-order valence-electron chi connectivity index (χ2n) is 8.96. The third kappa shape index (κ3) is 8.15. The van der Waals surface area contributed by atoms with E-state index in [1.54, 1.807) is 25.3 Å². The second kappa shape index (κ2) is 10.6. The first-order valence-corrected chi connectivity index (χ1v) is 10.3. The number of halogens is 3. The first-order valence-electron chi connectivity index (χ1n) is 9.48. The molecule has 0 heterocycles. The summed E-state index contributed by atoms with van der Waals surface area (Å²) >= 11 is 3.57. The summed E-state index contributed by atoms with van der Waals surface area (Å²) < 4.78 is 26.0. The van der Waals surface area contributed by atoms with Gasteiger partial charge in [-0.3, -0.25) is 0 Å². The largest absolute Gasteiger partial charge is 0.493 e. The molecule has 0 atom stereocenters. The van der Waals surface area contributed by atoms with E-state index in [1.165, 1.54) is 6.07 Å². The Balaban J connectivity index is 0.00000420. The van der Waals surface area contributed by atoms with Crippen LogP contribution in [0.1, 0.15) is 52.2 Å². The van der Waals surface area contributed by atoms with Crippen LogP contribution in [-0.4, -0.2) is 12.6 Å². The van der Waals surface area contributed by atoms with Crippen molar-refractivity contribution >= 4 is 28.3 Å². The van der Waals surface area contributed by atoms with E-state index in [-0.39, 0.29) is 35.8 Å². The molecule has 2 aromatic rings. The number of ether oxygens (including phenoxy) is 2. The highest BCUT2D eigenvalue weighted by atomic mass is 79.9. The highest BCUT2D eigenvalue weighted by Gasteiger charge is 2.25. The zero-order valence-electron chi connectivity index (χ0n) is 18.1. The summed E-state index contributed by atoms with van der Waals surface area (Å²) in [6.07, 6.45) is 1.06. The van der Waals surface area contributed by atoms with E-state index in [2.05, 4.69) is 55.9 Å². The van der Waals surface area contributed by atoms with Crippen LogP contribution in [0, 0.1) is 11.2 Å². The lowest BCUT2D eigenvalue weighted by atomic mass is 9.82. The molecule has 0 radical (unpaired) electrons. The van der Waals surface area contributed by atoms with Gasteiger partial charge in [-0.05, 0) is 65.4 Å². The molecule has 0 spiro atoms. The summed E-state index contributed by atoms with van der Waals surface area (Å²) in [5.74, 6) is 0.916. The number of nitrogens with one attached hydrogen (secondary N) is 1. The van der Waals surface area contributed by atoms with Crippen molar-refractivity contribution in [1.29, 1.82) is 0 Å². The van der Waals surface area contributed by atoms with Crippen molar-refractivity contribution in [2.75, 3.05) is 7.11 Å². The molecule has 0 unspecified atom stereocenters. The van der Waals surface area contributed by atoms with Gasteiger partial charge in [0, 0.05) is 17.6 Å². The van der Waals surface area contributed by atoms with Crippen LogP contribution in [0.5, 0.6) is 11.5 Å². The monoisotopic (exact) mass is 487 g/mol. The van der Waals surface area contributed by atoms with Gasteiger partial charge in [0.05, 0.1) is 11.6 Å². The van der Waals surface area contributed by atoms with Gasteiger partial charge in [0.15, 0.2) is 11.5 Å². The maximum Gasteiger partial charge on any atom is 0.175 e. The number of hydrogen-bond donors (Lipinski definition) is 1. The molecule has 2 rings (SSSR count). The predicted octanol–water partition coefficient (Wildman–Crippen LogP) is 6.90. The maximum absolute atomic E-state index is 13.8. The third-order valence-corrected chi connectivity index (χ3v) is 4.95. The van der Waals surface area contributed by atoms with Crippen LogP contribution < -0.4 is 14.8 Å². The standard InChI is InChI=1S/C23H31BrFNO2.ClH/c1-22(2,3)15-23(4,5)26-13-16-11-18(24)21(20(12-16)27-6)28-14-17-9-7-8-10-19(17)25;/h7-12,26H,13-15H2,1-6H3;1H. The van der Waals surface area contributed by atoms with Crippen LogP contribution >= 0.6 is 28.3 Å². The van der Waals surface area contributed by atoms with Crippen LogP contribution in [0.4, 0.5) is 4.39 Å². The Morgan fingerprint density at radius 2 is 1.72 bits per heavy atom. The Labute approximate surface area is 188 Å². The van der Waals surface area contributed by atoms with Crippen LogP contribution in [0.3, 0.4) is 0 Å². The van der Waals surface area contributed by atoms with Crippen molar-refractivity contribution in [2.45, 2.75) is 59.7 Å². The predicted molar refractivity (Wildman–Crippen MR) is 124 cm³/mol. The number of methoxy groups -OCH3 is 1. The van der Waals surface area contributed by atoms with Crippen LogP contribution in [0.25, 0.3) is 0 Å². The van der Waals surface area contributed by atoms with Crippen molar-refractivity contribution in [3.8, 4) is 11.5 Å². The Kier molecular flexibility index (Phi) is 9.45. The molecule has 0 saturated heterocycles. The van der Waals surface area contributed by atoms with Gasteiger partial charge in [-0.25, -0.2) is 4.39 Å². The topological polar surface area (TPSA) is 30.5 Å². The third-order valence-electron chi connectivity index (χ3n) is 4.36. The average molecular weight is 489 g/mol. The molecule has 29 heavy (non-hydrogen) atoms. The van der Waals surface area contributed by atoms with E-state index in [0.29, 0.717) is 23.6 Å². The Morgan fingerprint density at radius 3 is 2.31 bits per heavy atom. The van der Waals surface area contributed by atoms with E-state index in [9.17, 15) is 4.39 Å². The fourth-order valence-corrected chi connectivity index (χ4v) is 4.11. The quantitative estimate of drug-likeness (QED) is 0.438. The summed E-state index contributed by atoms with van der Waals surface area (Å²) in [5.41, 5.74) is 1.85. The van der Waals surface area contributed by atoms with Crippen molar-refractivity contribution in [3.05, 3.63) is 57.8 Å². The highest BCUT2D eigenvalue weighted by molar-refractivity contribution is 9.10. The van der Waals surface area contributed by atoms with Gasteiger partial charge in [-0.1, -0.05) is 39.0 Å². The highest BCUT2D eigenvalue weighted by Crippen LogP contribution is 2.37. The zero-order valence-corrected chi connectivity index (χ0v) is 20.5. The Hall–Kier alpha value is -1.30. The van der Waals surface area contributed by atoms with Crippen LogP contribution in [0.2, 0.25) is 0 Å². The molecule has 6 heteroatoms. The smallest absolute Gasteiger partial charge is 0.175 e.